The molecule has 0 unspecified atom stereocenters. The number of Topliss-reactive ketones (excluding diaryl/α,β-unsaturated/α-hetero) is 1. The number of aryl methyl sites for hydroxylation is 2. The Morgan fingerprint density at radius 2 is 2.00 bits per heavy atom. The van der Waals surface area contributed by atoms with Gasteiger partial charge in [-0.2, -0.15) is 5.10 Å². The molecule has 0 bridgehead atoms. The highest BCUT2D eigenvalue weighted by atomic mass is 35.5. The maximum absolute atomic E-state index is 12.1. The topological polar surface area (TPSA) is 34.9 Å². The normalized spacial score (nSPS) is 10.6. The Balaban J connectivity index is 2.08. The van der Waals surface area contributed by atoms with Gasteiger partial charge >= 0.3 is 0 Å². The fraction of sp³-hybridized carbons (Fsp3) is 0.231. The van der Waals surface area contributed by atoms with Crippen molar-refractivity contribution in [1.29, 1.82) is 0 Å². The summed E-state index contributed by atoms with van der Waals surface area (Å²) >= 11 is 12.0. The Hall–Kier alpha value is -1.32. The van der Waals surface area contributed by atoms with Gasteiger partial charge in [-0.15, -0.1) is 0 Å². The van der Waals surface area contributed by atoms with E-state index < -0.39 is 0 Å². The van der Waals surface area contributed by atoms with Gasteiger partial charge in [-0.25, -0.2) is 0 Å². The van der Waals surface area contributed by atoms with Gasteiger partial charge < -0.3 is 0 Å². The quantitative estimate of drug-likeness (QED) is 0.804. The SMILES string of the molecule is Cn1cc(CCC(=O)c2c(Cl)cccc2Cl)cn1. The lowest BCUT2D eigenvalue weighted by Crippen LogP contribution is -2.02. The molecule has 1 aromatic carbocycles. The van der Waals surface area contributed by atoms with Crippen molar-refractivity contribution in [2.75, 3.05) is 0 Å². The van der Waals surface area contributed by atoms with E-state index in [-0.39, 0.29) is 5.78 Å². The van der Waals surface area contributed by atoms with Gasteiger partial charge in [0.25, 0.3) is 0 Å². The largest absolute Gasteiger partial charge is 0.294 e. The molecule has 1 aromatic heterocycles. The predicted molar refractivity (Wildman–Crippen MR) is 72.3 cm³/mol. The van der Waals surface area contributed by atoms with Crippen LogP contribution in [-0.4, -0.2) is 15.6 Å². The summed E-state index contributed by atoms with van der Waals surface area (Å²) in [4.78, 5) is 12.1. The number of carbonyl (C=O) groups excluding carboxylic acids is 1. The first-order chi connectivity index (χ1) is 8.58. The molecule has 0 aliphatic rings. The highest BCUT2D eigenvalue weighted by Crippen LogP contribution is 2.25. The summed E-state index contributed by atoms with van der Waals surface area (Å²) in [6, 6.07) is 5.07. The van der Waals surface area contributed by atoms with Crippen molar-refractivity contribution in [2.24, 2.45) is 7.05 Å². The summed E-state index contributed by atoms with van der Waals surface area (Å²) in [6.07, 6.45) is 4.65. The molecule has 18 heavy (non-hydrogen) atoms. The Bertz CT molecular complexity index is 558. The van der Waals surface area contributed by atoms with Crippen LogP contribution < -0.4 is 0 Å². The minimum absolute atomic E-state index is 0.0468. The van der Waals surface area contributed by atoms with Gasteiger partial charge in [0.1, 0.15) is 0 Å². The predicted octanol–water partition coefficient (Wildman–Crippen LogP) is 3.54. The second kappa shape index (κ2) is 5.55. The molecule has 94 valence electrons. The number of carbonyl (C=O) groups is 1. The van der Waals surface area contributed by atoms with Crippen LogP contribution in [0.5, 0.6) is 0 Å². The van der Waals surface area contributed by atoms with Gasteiger partial charge in [-0.05, 0) is 24.1 Å². The minimum Gasteiger partial charge on any atom is -0.294 e. The molecule has 0 saturated heterocycles. The fourth-order valence-electron chi connectivity index (χ4n) is 1.75. The van der Waals surface area contributed by atoms with Gasteiger partial charge in [0.2, 0.25) is 0 Å². The third-order valence-electron chi connectivity index (χ3n) is 2.64. The minimum atomic E-state index is -0.0468. The Labute approximate surface area is 115 Å². The van der Waals surface area contributed by atoms with Crippen LogP contribution in [0.25, 0.3) is 0 Å². The molecule has 0 amide bonds. The fourth-order valence-corrected chi connectivity index (χ4v) is 2.36. The summed E-state index contributed by atoms with van der Waals surface area (Å²) in [5.41, 5.74) is 1.43. The van der Waals surface area contributed by atoms with E-state index in [1.807, 2.05) is 13.2 Å². The number of halogens is 2. The van der Waals surface area contributed by atoms with E-state index in [1.165, 1.54) is 0 Å². The van der Waals surface area contributed by atoms with Crippen LogP contribution in [0, 0.1) is 0 Å². The van der Waals surface area contributed by atoms with Crippen molar-refractivity contribution in [2.45, 2.75) is 12.8 Å². The molecule has 0 fully saturated rings. The summed E-state index contributed by atoms with van der Waals surface area (Å²) in [7, 11) is 1.84. The lowest BCUT2D eigenvalue weighted by molar-refractivity contribution is 0.0983. The van der Waals surface area contributed by atoms with Gasteiger partial charge in [0.05, 0.1) is 21.8 Å². The molecular weight excluding hydrogens is 271 g/mol. The number of ketones is 1. The summed E-state index contributed by atoms with van der Waals surface area (Å²) in [6.45, 7) is 0. The molecule has 1 heterocycles. The number of aromatic nitrogens is 2. The van der Waals surface area contributed by atoms with Crippen molar-refractivity contribution in [1.82, 2.24) is 9.78 Å². The first-order valence-electron chi connectivity index (χ1n) is 5.52. The van der Waals surface area contributed by atoms with E-state index in [0.29, 0.717) is 28.5 Å². The highest BCUT2D eigenvalue weighted by Gasteiger charge is 2.14. The number of hydrogen-bond acceptors (Lipinski definition) is 2. The molecule has 0 spiro atoms. The molecule has 0 saturated carbocycles. The molecule has 0 aliphatic heterocycles. The third-order valence-corrected chi connectivity index (χ3v) is 3.27. The summed E-state index contributed by atoms with van der Waals surface area (Å²) in [5.74, 6) is -0.0468. The van der Waals surface area contributed by atoms with Crippen LogP contribution in [0.2, 0.25) is 10.0 Å². The Kier molecular flexibility index (Phi) is 4.04. The third kappa shape index (κ3) is 2.92. The standard InChI is InChI=1S/C13H12Cl2N2O/c1-17-8-9(7-16-17)5-6-12(18)13-10(14)3-2-4-11(13)15/h2-4,7-8H,5-6H2,1H3. The number of rotatable bonds is 4. The van der Waals surface area contributed by atoms with E-state index in [0.717, 1.165) is 5.56 Å². The number of hydrogen-bond donors (Lipinski definition) is 0. The van der Waals surface area contributed by atoms with Crippen LogP contribution in [0.15, 0.2) is 30.6 Å². The molecule has 2 rings (SSSR count). The van der Waals surface area contributed by atoms with Crippen molar-refractivity contribution < 1.29 is 4.79 Å². The van der Waals surface area contributed by atoms with Crippen molar-refractivity contribution in [3.05, 3.63) is 51.8 Å². The summed E-state index contributed by atoms with van der Waals surface area (Å²) in [5, 5.41) is 4.86. The molecule has 2 aromatic rings. The van der Waals surface area contributed by atoms with Crippen LogP contribution in [0.3, 0.4) is 0 Å². The lowest BCUT2D eigenvalue weighted by atomic mass is 10.0. The smallest absolute Gasteiger partial charge is 0.166 e. The van der Waals surface area contributed by atoms with E-state index in [1.54, 1.807) is 29.1 Å². The Morgan fingerprint density at radius 3 is 2.56 bits per heavy atom. The maximum atomic E-state index is 12.1. The second-order valence-corrected chi connectivity index (χ2v) is 4.86. The maximum Gasteiger partial charge on any atom is 0.166 e. The molecule has 0 radical (unpaired) electrons. The zero-order valence-corrected chi connectivity index (χ0v) is 11.4. The van der Waals surface area contributed by atoms with Crippen molar-refractivity contribution in [3.8, 4) is 0 Å². The van der Waals surface area contributed by atoms with Crippen LogP contribution in [0.1, 0.15) is 22.3 Å². The molecule has 0 atom stereocenters. The van der Waals surface area contributed by atoms with Gasteiger partial charge in [-0.3, -0.25) is 9.48 Å². The molecule has 3 nitrogen and oxygen atoms in total. The number of benzene rings is 1. The number of nitrogens with zero attached hydrogens (tertiary/aromatic N) is 2. The van der Waals surface area contributed by atoms with Crippen LogP contribution in [0.4, 0.5) is 0 Å². The van der Waals surface area contributed by atoms with Gasteiger partial charge in [-0.1, -0.05) is 29.3 Å². The highest BCUT2D eigenvalue weighted by molar-refractivity contribution is 6.39. The second-order valence-electron chi connectivity index (χ2n) is 4.04. The Morgan fingerprint density at radius 1 is 1.33 bits per heavy atom. The van der Waals surface area contributed by atoms with Crippen LogP contribution >= 0.6 is 23.2 Å². The van der Waals surface area contributed by atoms with Crippen LogP contribution in [-0.2, 0) is 13.5 Å². The average Bonchev–Trinajstić information content (AvgIpc) is 2.72. The molecule has 0 aliphatic carbocycles. The average molecular weight is 283 g/mol. The van der Waals surface area contributed by atoms with E-state index in [2.05, 4.69) is 5.10 Å². The summed E-state index contributed by atoms with van der Waals surface area (Å²) < 4.78 is 1.71. The zero-order valence-electron chi connectivity index (χ0n) is 9.86. The van der Waals surface area contributed by atoms with E-state index in [4.69, 9.17) is 23.2 Å². The first kappa shape index (κ1) is 13.1. The molecule has 5 heteroatoms. The first-order valence-corrected chi connectivity index (χ1v) is 6.28. The monoisotopic (exact) mass is 282 g/mol. The van der Waals surface area contributed by atoms with Gasteiger partial charge in [0, 0.05) is 19.7 Å². The lowest BCUT2D eigenvalue weighted by Gasteiger charge is -2.05. The molecule has 0 N–H and O–H groups in total. The van der Waals surface area contributed by atoms with E-state index in [9.17, 15) is 4.79 Å². The van der Waals surface area contributed by atoms with Crippen molar-refractivity contribution >= 4 is 29.0 Å². The zero-order chi connectivity index (χ0) is 13.1. The van der Waals surface area contributed by atoms with Crippen molar-refractivity contribution in [3.63, 3.8) is 0 Å². The van der Waals surface area contributed by atoms with E-state index >= 15 is 0 Å². The molecular formula is C13H12Cl2N2O. The van der Waals surface area contributed by atoms with Gasteiger partial charge in [0.15, 0.2) is 5.78 Å².